The number of sulfonamides is 1. The van der Waals surface area contributed by atoms with Gasteiger partial charge >= 0.3 is 0 Å². The summed E-state index contributed by atoms with van der Waals surface area (Å²) in [6.45, 7) is 5.86. The maximum Gasteiger partial charge on any atom is 0.211 e. The number of aryl methyl sites for hydroxylation is 2. The van der Waals surface area contributed by atoms with Gasteiger partial charge in [0.05, 0.1) is 17.6 Å². The van der Waals surface area contributed by atoms with Crippen LogP contribution in [-0.2, 0) is 16.6 Å². The molecular weight excluding hydrogens is 326 g/mol. The van der Waals surface area contributed by atoms with E-state index in [1.807, 2.05) is 23.7 Å². The van der Waals surface area contributed by atoms with Crippen molar-refractivity contribution in [3.8, 4) is 11.4 Å². The SMILES string of the molecule is CCCn1nccc1-c1cc([C@@H]2CCN(S(C)(=O)=O)C2)nc(C)n1. The van der Waals surface area contributed by atoms with Crippen LogP contribution in [0.5, 0.6) is 0 Å². The highest BCUT2D eigenvalue weighted by Crippen LogP contribution is 2.29. The first-order valence-electron chi connectivity index (χ1n) is 8.21. The van der Waals surface area contributed by atoms with E-state index >= 15 is 0 Å². The topological polar surface area (TPSA) is 81.0 Å². The quantitative estimate of drug-likeness (QED) is 0.822. The molecule has 2 aromatic rings. The summed E-state index contributed by atoms with van der Waals surface area (Å²) >= 11 is 0. The molecule has 0 aliphatic carbocycles. The van der Waals surface area contributed by atoms with Gasteiger partial charge in [0.25, 0.3) is 0 Å². The fourth-order valence-electron chi connectivity index (χ4n) is 3.14. The molecular formula is C16H23N5O2S. The lowest BCUT2D eigenvalue weighted by atomic mass is 10.0. The largest absolute Gasteiger partial charge is 0.263 e. The van der Waals surface area contributed by atoms with Crippen LogP contribution in [0.2, 0.25) is 0 Å². The molecule has 8 heteroatoms. The number of rotatable bonds is 5. The van der Waals surface area contributed by atoms with E-state index in [0.717, 1.165) is 36.5 Å². The zero-order chi connectivity index (χ0) is 17.3. The summed E-state index contributed by atoms with van der Waals surface area (Å²) in [5.41, 5.74) is 2.73. The highest BCUT2D eigenvalue weighted by Gasteiger charge is 2.30. The number of nitrogens with zero attached hydrogens (tertiary/aromatic N) is 5. The first-order valence-corrected chi connectivity index (χ1v) is 10.1. The fourth-order valence-corrected chi connectivity index (χ4v) is 4.03. The summed E-state index contributed by atoms with van der Waals surface area (Å²) in [4.78, 5) is 9.11. The minimum atomic E-state index is -3.15. The van der Waals surface area contributed by atoms with Crippen molar-refractivity contribution in [2.45, 2.75) is 39.2 Å². The summed E-state index contributed by atoms with van der Waals surface area (Å²) in [7, 11) is -3.15. The van der Waals surface area contributed by atoms with Crippen LogP contribution in [0.15, 0.2) is 18.3 Å². The van der Waals surface area contributed by atoms with Gasteiger partial charge in [-0.25, -0.2) is 22.7 Å². The van der Waals surface area contributed by atoms with E-state index in [1.54, 1.807) is 6.20 Å². The molecule has 0 bridgehead atoms. The lowest BCUT2D eigenvalue weighted by Crippen LogP contribution is -2.27. The first-order chi connectivity index (χ1) is 11.4. The van der Waals surface area contributed by atoms with Crippen molar-refractivity contribution in [2.75, 3.05) is 19.3 Å². The van der Waals surface area contributed by atoms with Crippen molar-refractivity contribution in [1.29, 1.82) is 0 Å². The molecule has 1 aliphatic heterocycles. The van der Waals surface area contributed by atoms with Gasteiger partial charge in [-0.15, -0.1) is 0 Å². The Morgan fingerprint density at radius 1 is 1.33 bits per heavy atom. The molecule has 2 aromatic heterocycles. The van der Waals surface area contributed by atoms with Crippen LogP contribution in [0.3, 0.4) is 0 Å². The zero-order valence-corrected chi connectivity index (χ0v) is 15.1. The van der Waals surface area contributed by atoms with Gasteiger partial charge in [0.1, 0.15) is 5.82 Å². The van der Waals surface area contributed by atoms with Gasteiger partial charge in [-0.3, -0.25) is 4.68 Å². The van der Waals surface area contributed by atoms with Crippen LogP contribution in [0.1, 0.15) is 37.2 Å². The lowest BCUT2D eigenvalue weighted by molar-refractivity contribution is 0.477. The predicted octanol–water partition coefficient (Wildman–Crippen LogP) is 1.81. The Hall–Kier alpha value is -1.80. The normalized spacial score (nSPS) is 19.0. The highest BCUT2D eigenvalue weighted by atomic mass is 32.2. The molecule has 1 atom stereocenters. The van der Waals surface area contributed by atoms with Crippen molar-refractivity contribution < 1.29 is 8.42 Å². The van der Waals surface area contributed by atoms with Gasteiger partial charge in [0, 0.05) is 37.4 Å². The van der Waals surface area contributed by atoms with Crippen molar-refractivity contribution in [3.63, 3.8) is 0 Å². The van der Waals surface area contributed by atoms with Crippen molar-refractivity contribution in [3.05, 3.63) is 29.8 Å². The first kappa shape index (κ1) is 17.0. The number of aromatic nitrogens is 4. The molecule has 7 nitrogen and oxygen atoms in total. The standard InChI is InChI=1S/C16H23N5O2S/c1-4-8-21-16(5-7-17-21)15-10-14(18-12(2)19-15)13-6-9-20(11-13)24(3,22)23/h5,7,10,13H,4,6,8-9,11H2,1-3H3/t13-/m1/s1. The molecule has 130 valence electrons. The molecule has 0 N–H and O–H groups in total. The highest BCUT2D eigenvalue weighted by molar-refractivity contribution is 7.88. The molecule has 0 saturated carbocycles. The van der Waals surface area contributed by atoms with E-state index < -0.39 is 10.0 Å². The van der Waals surface area contributed by atoms with Gasteiger partial charge in [0.15, 0.2) is 0 Å². The van der Waals surface area contributed by atoms with Crippen LogP contribution < -0.4 is 0 Å². The minimum Gasteiger partial charge on any atom is -0.263 e. The Balaban J connectivity index is 1.91. The third kappa shape index (κ3) is 3.49. The van der Waals surface area contributed by atoms with Gasteiger partial charge in [0.2, 0.25) is 10.0 Å². The molecule has 3 heterocycles. The van der Waals surface area contributed by atoms with E-state index in [0.29, 0.717) is 18.9 Å². The average Bonchev–Trinajstić information content (AvgIpc) is 3.15. The Labute approximate surface area is 142 Å². The number of hydrogen-bond donors (Lipinski definition) is 0. The predicted molar refractivity (Wildman–Crippen MR) is 92.1 cm³/mol. The molecule has 24 heavy (non-hydrogen) atoms. The Bertz CT molecular complexity index is 831. The maximum atomic E-state index is 11.7. The van der Waals surface area contributed by atoms with Gasteiger partial charge in [-0.2, -0.15) is 5.10 Å². The average molecular weight is 349 g/mol. The van der Waals surface area contributed by atoms with Gasteiger partial charge < -0.3 is 0 Å². The van der Waals surface area contributed by atoms with Crippen LogP contribution in [0.4, 0.5) is 0 Å². The summed E-state index contributed by atoms with van der Waals surface area (Å²) in [6.07, 6.45) is 4.83. The second-order valence-electron chi connectivity index (χ2n) is 6.27. The smallest absolute Gasteiger partial charge is 0.211 e. The third-order valence-electron chi connectivity index (χ3n) is 4.31. The van der Waals surface area contributed by atoms with Crippen molar-refractivity contribution in [2.24, 2.45) is 0 Å². The second kappa shape index (κ2) is 6.60. The monoisotopic (exact) mass is 349 g/mol. The Morgan fingerprint density at radius 2 is 2.12 bits per heavy atom. The molecule has 1 aliphatic rings. The molecule has 1 fully saturated rings. The lowest BCUT2D eigenvalue weighted by Gasteiger charge is -2.14. The van der Waals surface area contributed by atoms with Crippen LogP contribution >= 0.6 is 0 Å². The van der Waals surface area contributed by atoms with Crippen LogP contribution in [0.25, 0.3) is 11.4 Å². The molecule has 3 rings (SSSR count). The number of hydrogen-bond acceptors (Lipinski definition) is 5. The Kier molecular flexibility index (Phi) is 4.69. The van der Waals surface area contributed by atoms with Crippen molar-refractivity contribution in [1.82, 2.24) is 24.1 Å². The van der Waals surface area contributed by atoms with Gasteiger partial charge in [-0.1, -0.05) is 6.92 Å². The third-order valence-corrected chi connectivity index (χ3v) is 5.58. The fraction of sp³-hybridized carbons (Fsp3) is 0.562. The van der Waals surface area contributed by atoms with Gasteiger partial charge in [-0.05, 0) is 31.9 Å². The minimum absolute atomic E-state index is 0.114. The second-order valence-corrected chi connectivity index (χ2v) is 8.25. The molecule has 0 unspecified atom stereocenters. The van der Waals surface area contributed by atoms with E-state index in [1.165, 1.54) is 10.6 Å². The Morgan fingerprint density at radius 3 is 2.79 bits per heavy atom. The zero-order valence-electron chi connectivity index (χ0n) is 14.3. The summed E-state index contributed by atoms with van der Waals surface area (Å²) < 4.78 is 26.9. The van der Waals surface area contributed by atoms with E-state index in [2.05, 4.69) is 22.0 Å². The molecule has 0 aromatic carbocycles. The summed E-state index contributed by atoms with van der Waals surface area (Å²) in [5.74, 6) is 0.812. The molecule has 0 amide bonds. The molecule has 1 saturated heterocycles. The summed E-state index contributed by atoms with van der Waals surface area (Å²) in [5, 5.41) is 4.35. The molecule has 0 radical (unpaired) electrons. The molecule has 0 spiro atoms. The summed E-state index contributed by atoms with van der Waals surface area (Å²) in [6, 6.07) is 3.94. The maximum absolute atomic E-state index is 11.7. The van der Waals surface area contributed by atoms with Crippen molar-refractivity contribution >= 4 is 10.0 Å². The van der Waals surface area contributed by atoms with Crippen LogP contribution in [-0.4, -0.2) is 51.8 Å². The van der Waals surface area contributed by atoms with E-state index in [-0.39, 0.29) is 5.92 Å². The van der Waals surface area contributed by atoms with Crippen LogP contribution in [0, 0.1) is 6.92 Å². The van der Waals surface area contributed by atoms with E-state index in [9.17, 15) is 8.42 Å². The van der Waals surface area contributed by atoms with E-state index in [4.69, 9.17) is 0 Å².